The van der Waals surface area contributed by atoms with Crippen LogP contribution in [0.25, 0.3) is 0 Å². The van der Waals surface area contributed by atoms with Gasteiger partial charge in [0.25, 0.3) is 0 Å². The number of hydrogen-bond acceptors (Lipinski definition) is 3. The molecular weight excluding hydrogens is 246 g/mol. The molecule has 0 bridgehead atoms. The van der Waals surface area contributed by atoms with Crippen LogP contribution in [0.3, 0.4) is 0 Å². The molecule has 0 aromatic heterocycles. The van der Waals surface area contributed by atoms with Crippen molar-refractivity contribution in [1.82, 2.24) is 15.5 Å². The van der Waals surface area contributed by atoms with Gasteiger partial charge in [-0.25, -0.2) is 9.59 Å². The molecular formula is C13H23N3O3. The third kappa shape index (κ3) is 3.96. The second kappa shape index (κ2) is 6.56. The zero-order valence-corrected chi connectivity index (χ0v) is 11.6. The van der Waals surface area contributed by atoms with E-state index in [4.69, 9.17) is 5.11 Å². The van der Waals surface area contributed by atoms with Gasteiger partial charge in [-0.1, -0.05) is 6.08 Å². The van der Waals surface area contributed by atoms with Gasteiger partial charge in [-0.05, 0) is 39.8 Å². The van der Waals surface area contributed by atoms with Gasteiger partial charge in [0.05, 0.1) is 0 Å². The first-order valence-corrected chi connectivity index (χ1v) is 6.47. The van der Waals surface area contributed by atoms with Gasteiger partial charge in [0, 0.05) is 12.1 Å². The average molecular weight is 269 g/mol. The molecule has 6 nitrogen and oxygen atoms in total. The molecule has 1 aliphatic carbocycles. The van der Waals surface area contributed by atoms with Gasteiger partial charge in [0.1, 0.15) is 6.04 Å². The Kier molecular flexibility index (Phi) is 5.35. The Hall–Kier alpha value is -1.56. The van der Waals surface area contributed by atoms with Crippen molar-refractivity contribution in [3.63, 3.8) is 0 Å². The van der Waals surface area contributed by atoms with Crippen molar-refractivity contribution in [2.45, 2.75) is 37.3 Å². The van der Waals surface area contributed by atoms with E-state index < -0.39 is 18.0 Å². The molecule has 0 aromatic carbocycles. The minimum atomic E-state index is -1.05. The van der Waals surface area contributed by atoms with E-state index in [1.54, 1.807) is 0 Å². The maximum atomic E-state index is 11.7. The second-order valence-corrected chi connectivity index (χ2v) is 5.21. The van der Waals surface area contributed by atoms with Crippen molar-refractivity contribution in [2.75, 3.05) is 20.6 Å². The summed E-state index contributed by atoms with van der Waals surface area (Å²) < 4.78 is 0. The summed E-state index contributed by atoms with van der Waals surface area (Å²) in [5.74, 6) is -1.05. The third-order valence-corrected chi connectivity index (χ3v) is 3.82. The fourth-order valence-corrected chi connectivity index (χ4v) is 2.21. The monoisotopic (exact) mass is 269 g/mol. The van der Waals surface area contributed by atoms with Crippen LogP contribution in [0.15, 0.2) is 12.7 Å². The lowest BCUT2D eigenvalue weighted by molar-refractivity contribution is -0.139. The van der Waals surface area contributed by atoms with Crippen LogP contribution in [0.2, 0.25) is 0 Å². The highest BCUT2D eigenvalue weighted by Gasteiger charge is 2.39. The Balaban J connectivity index is 2.42. The van der Waals surface area contributed by atoms with Crippen LogP contribution in [-0.4, -0.2) is 54.2 Å². The molecule has 2 amide bonds. The normalized spacial score (nSPS) is 18.3. The number of hydrogen-bond donors (Lipinski definition) is 3. The predicted octanol–water partition coefficient (Wildman–Crippen LogP) is 0.799. The average Bonchev–Trinajstić information content (AvgIpc) is 2.26. The van der Waals surface area contributed by atoms with Gasteiger partial charge < -0.3 is 20.6 Å². The highest BCUT2D eigenvalue weighted by molar-refractivity contribution is 5.82. The van der Waals surface area contributed by atoms with Gasteiger partial charge in [-0.15, -0.1) is 6.58 Å². The number of nitrogens with one attached hydrogen (secondary N) is 2. The molecule has 1 aliphatic rings. The topological polar surface area (TPSA) is 81.7 Å². The molecule has 1 saturated carbocycles. The number of carboxylic acid groups (broad SMARTS) is 1. The molecule has 19 heavy (non-hydrogen) atoms. The number of aliphatic carboxylic acids is 1. The van der Waals surface area contributed by atoms with Crippen molar-refractivity contribution in [2.24, 2.45) is 0 Å². The minimum Gasteiger partial charge on any atom is -0.480 e. The lowest BCUT2D eigenvalue weighted by Crippen LogP contribution is -2.59. The van der Waals surface area contributed by atoms with Crippen LogP contribution in [0.4, 0.5) is 4.79 Å². The third-order valence-electron chi connectivity index (χ3n) is 3.82. The van der Waals surface area contributed by atoms with Gasteiger partial charge in [0.2, 0.25) is 0 Å². The number of urea groups is 1. The first-order valence-electron chi connectivity index (χ1n) is 6.47. The smallest absolute Gasteiger partial charge is 0.326 e. The van der Waals surface area contributed by atoms with E-state index in [2.05, 4.69) is 22.1 Å². The van der Waals surface area contributed by atoms with Crippen LogP contribution in [0, 0.1) is 0 Å². The largest absolute Gasteiger partial charge is 0.480 e. The highest BCUT2D eigenvalue weighted by atomic mass is 16.4. The van der Waals surface area contributed by atoms with E-state index in [1.807, 2.05) is 14.1 Å². The second-order valence-electron chi connectivity index (χ2n) is 5.21. The molecule has 0 saturated heterocycles. The SMILES string of the molecule is C=CCC(NC(=O)NCC1(N(C)C)CCC1)C(=O)O. The van der Waals surface area contributed by atoms with E-state index in [0.29, 0.717) is 6.54 Å². The molecule has 1 unspecified atom stereocenters. The highest BCUT2D eigenvalue weighted by Crippen LogP contribution is 2.35. The minimum absolute atomic E-state index is 0.0223. The summed E-state index contributed by atoms with van der Waals surface area (Å²) in [6.45, 7) is 4.01. The molecule has 0 spiro atoms. The van der Waals surface area contributed by atoms with E-state index in [1.165, 1.54) is 6.08 Å². The standard InChI is InChI=1S/C13H23N3O3/c1-4-6-10(11(17)18)15-12(19)14-9-13(16(2)3)7-5-8-13/h4,10H,1,5-9H2,2-3H3,(H,17,18)(H2,14,15,19). The number of rotatable bonds is 7. The van der Waals surface area contributed by atoms with Gasteiger partial charge >= 0.3 is 12.0 Å². The molecule has 1 atom stereocenters. The zero-order chi connectivity index (χ0) is 14.5. The fraction of sp³-hybridized carbons (Fsp3) is 0.692. The summed E-state index contributed by atoms with van der Waals surface area (Å²) in [6, 6.07) is -1.36. The van der Waals surface area contributed by atoms with Crippen molar-refractivity contribution >= 4 is 12.0 Å². The molecule has 1 rings (SSSR count). The summed E-state index contributed by atoms with van der Waals surface area (Å²) in [7, 11) is 3.99. The molecule has 0 aromatic rings. The first kappa shape index (κ1) is 15.5. The zero-order valence-electron chi connectivity index (χ0n) is 11.6. The van der Waals surface area contributed by atoms with E-state index in [-0.39, 0.29) is 12.0 Å². The van der Waals surface area contributed by atoms with Crippen molar-refractivity contribution < 1.29 is 14.7 Å². The number of carbonyl (C=O) groups excluding carboxylic acids is 1. The molecule has 0 heterocycles. The maximum absolute atomic E-state index is 11.7. The van der Waals surface area contributed by atoms with Crippen LogP contribution in [-0.2, 0) is 4.79 Å². The summed E-state index contributed by atoms with van der Waals surface area (Å²) in [4.78, 5) is 24.7. The fourth-order valence-electron chi connectivity index (χ4n) is 2.21. The van der Waals surface area contributed by atoms with Crippen LogP contribution in [0.1, 0.15) is 25.7 Å². The van der Waals surface area contributed by atoms with Crippen molar-refractivity contribution in [3.05, 3.63) is 12.7 Å². The quantitative estimate of drug-likeness (QED) is 0.597. The van der Waals surface area contributed by atoms with Gasteiger partial charge in [0.15, 0.2) is 0 Å². The molecule has 3 N–H and O–H groups in total. The van der Waals surface area contributed by atoms with Gasteiger partial charge in [-0.2, -0.15) is 0 Å². The summed E-state index contributed by atoms with van der Waals surface area (Å²) in [6.07, 6.45) is 4.95. The predicted molar refractivity (Wildman–Crippen MR) is 73.0 cm³/mol. The summed E-state index contributed by atoms with van der Waals surface area (Å²) in [5, 5.41) is 14.1. The molecule has 6 heteroatoms. The molecule has 0 radical (unpaired) electrons. The van der Waals surface area contributed by atoms with Crippen LogP contribution < -0.4 is 10.6 Å². The Morgan fingerprint density at radius 1 is 1.47 bits per heavy atom. The maximum Gasteiger partial charge on any atom is 0.326 e. The number of carboxylic acids is 1. The van der Waals surface area contributed by atoms with Crippen LogP contribution >= 0.6 is 0 Å². The number of likely N-dealkylation sites (N-methyl/N-ethyl adjacent to an activating group) is 1. The van der Waals surface area contributed by atoms with E-state index in [0.717, 1.165) is 19.3 Å². The number of carbonyl (C=O) groups is 2. The molecule has 108 valence electrons. The van der Waals surface area contributed by atoms with E-state index >= 15 is 0 Å². The Morgan fingerprint density at radius 2 is 2.11 bits per heavy atom. The Morgan fingerprint density at radius 3 is 2.47 bits per heavy atom. The van der Waals surface area contributed by atoms with Gasteiger partial charge in [-0.3, -0.25) is 0 Å². The Bertz CT molecular complexity index is 351. The number of amides is 2. The number of nitrogens with zero attached hydrogens (tertiary/aromatic N) is 1. The van der Waals surface area contributed by atoms with Crippen molar-refractivity contribution in [3.8, 4) is 0 Å². The summed E-state index contributed by atoms with van der Waals surface area (Å²) >= 11 is 0. The first-order chi connectivity index (χ1) is 8.91. The lowest BCUT2D eigenvalue weighted by atomic mass is 9.75. The molecule has 1 fully saturated rings. The van der Waals surface area contributed by atoms with Crippen LogP contribution in [0.5, 0.6) is 0 Å². The van der Waals surface area contributed by atoms with E-state index in [9.17, 15) is 9.59 Å². The summed E-state index contributed by atoms with van der Waals surface area (Å²) in [5.41, 5.74) is 0.0223. The Labute approximate surface area is 113 Å². The lowest BCUT2D eigenvalue weighted by Gasteiger charge is -2.47. The molecule has 0 aliphatic heterocycles. The van der Waals surface area contributed by atoms with Crippen molar-refractivity contribution in [1.29, 1.82) is 0 Å².